The highest BCUT2D eigenvalue weighted by Gasteiger charge is 2.28. The van der Waals surface area contributed by atoms with Crippen LogP contribution in [0.1, 0.15) is 74.3 Å². The number of rotatable bonds is 4. The second kappa shape index (κ2) is 14.1. The Morgan fingerprint density at radius 3 is 2.24 bits per heavy atom. The van der Waals surface area contributed by atoms with E-state index < -0.39 is 0 Å². The van der Waals surface area contributed by atoms with E-state index in [4.69, 9.17) is 4.42 Å². The van der Waals surface area contributed by atoms with Gasteiger partial charge in [-0.15, -0.1) is 0 Å². The van der Waals surface area contributed by atoms with Gasteiger partial charge in [0, 0.05) is 63.1 Å². The summed E-state index contributed by atoms with van der Waals surface area (Å²) in [5, 5.41) is 14.4. The second-order valence-electron chi connectivity index (χ2n) is 14.5. The average Bonchev–Trinajstić information content (AvgIpc) is 3.76. The van der Waals surface area contributed by atoms with Crippen LogP contribution < -0.4 is 4.90 Å². The molecule has 0 spiro atoms. The van der Waals surface area contributed by atoms with Gasteiger partial charge >= 0.3 is 0 Å². The molecule has 1 aliphatic heterocycles. The van der Waals surface area contributed by atoms with E-state index in [1.54, 1.807) is 0 Å². The molecule has 0 amide bonds. The van der Waals surface area contributed by atoms with Crippen LogP contribution in [-0.2, 0) is 6.42 Å². The molecule has 268 valence electrons. The minimum atomic E-state index is 0.241. The summed E-state index contributed by atoms with van der Waals surface area (Å²) in [7, 11) is 0. The first-order valence-electron chi connectivity index (χ1n) is 19.6. The highest BCUT2D eigenvalue weighted by molar-refractivity contribution is 6.11. The van der Waals surface area contributed by atoms with Crippen LogP contribution in [0.4, 0.5) is 5.69 Å². The molecule has 2 aromatic heterocycles. The molecule has 2 aliphatic carbocycles. The first-order valence-corrected chi connectivity index (χ1v) is 19.6. The van der Waals surface area contributed by atoms with Crippen LogP contribution in [0.3, 0.4) is 0 Å². The van der Waals surface area contributed by atoms with E-state index >= 15 is 0 Å². The number of phenols is 1. The Hall–Kier alpha value is -6.00. The van der Waals surface area contributed by atoms with Gasteiger partial charge < -0.3 is 19.0 Å². The average molecular weight is 707 g/mol. The molecule has 0 bridgehead atoms. The van der Waals surface area contributed by atoms with Crippen molar-refractivity contribution >= 4 is 55.8 Å². The Kier molecular flexibility index (Phi) is 8.83. The number of allylic oxidation sites excluding steroid dienone is 5. The van der Waals surface area contributed by atoms with E-state index in [1.807, 2.05) is 50.2 Å². The van der Waals surface area contributed by atoms with Crippen LogP contribution in [0.25, 0.3) is 61.2 Å². The zero-order valence-electron chi connectivity index (χ0n) is 31.2. The van der Waals surface area contributed by atoms with Crippen molar-refractivity contribution in [1.29, 1.82) is 0 Å². The molecule has 3 heterocycles. The van der Waals surface area contributed by atoms with E-state index in [9.17, 15) is 5.11 Å². The number of hydrogen-bond acceptors (Lipinski definition) is 3. The lowest BCUT2D eigenvalue weighted by molar-refractivity contribution is 0.477. The number of nitrogens with zero attached hydrogens (tertiary/aromatic N) is 2. The number of furan rings is 1. The summed E-state index contributed by atoms with van der Waals surface area (Å²) >= 11 is 0. The van der Waals surface area contributed by atoms with E-state index in [0.29, 0.717) is 5.75 Å². The smallest absolute Gasteiger partial charge is 0.144 e. The minimum absolute atomic E-state index is 0.241. The van der Waals surface area contributed by atoms with Crippen LogP contribution in [-0.4, -0.2) is 16.2 Å². The zero-order valence-corrected chi connectivity index (χ0v) is 31.2. The lowest BCUT2D eigenvalue weighted by Gasteiger charge is -2.32. The summed E-state index contributed by atoms with van der Waals surface area (Å²) in [6, 6.07) is 38.2. The monoisotopic (exact) mass is 706 g/mol. The Labute approximate surface area is 317 Å². The maximum Gasteiger partial charge on any atom is 0.144 e. The number of aromatic hydroxyl groups is 1. The fourth-order valence-corrected chi connectivity index (χ4v) is 8.83. The molecule has 5 aromatic carbocycles. The molecule has 1 unspecified atom stereocenters. The highest BCUT2D eigenvalue weighted by atomic mass is 16.3. The fraction of sp³-hybridized carbons (Fsp3) is 0.200. The predicted octanol–water partition coefficient (Wildman–Crippen LogP) is 13.5. The second-order valence-corrected chi connectivity index (χ2v) is 14.5. The van der Waals surface area contributed by atoms with E-state index in [1.165, 1.54) is 55.4 Å². The minimum Gasteiger partial charge on any atom is -0.507 e. The van der Waals surface area contributed by atoms with Crippen LogP contribution in [0.15, 0.2) is 144 Å². The van der Waals surface area contributed by atoms with Crippen molar-refractivity contribution in [2.75, 3.05) is 11.4 Å². The first-order chi connectivity index (χ1) is 26.6. The van der Waals surface area contributed by atoms with Gasteiger partial charge in [-0.2, -0.15) is 0 Å². The summed E-state index contributed by atoms with van der Waals surface area (Å²) in [4.78, 5) is 2.49. The number of fused-ring (bicyclic) bond motifs is 8. The third-order valence-electron chi connectivity index (χ3n) is 11.4. The maximum atomic E-state index is 10.7. The van der Waals surface area contributed by atoms with Crippen LogP contribution in [0.2, 0.25) is 0 Å². The van der Waals surface area contributed by atoms with Crippen LogP contribution in [0, 0.1) is 0 Å². The molecule has 0 fully saturated rings. The lowest BCUT2D eigenvalue weighted by atomic mass is 9.88. The van der Waals surface area contributed by atoms with Gasteiger partial charge in [-0.1, -0.05) is 105 Å². The largest absolute Gasteiger partial charge is 0.507 e. The van der Waals surface area contributed by atoms with Gasteiger partial charge in [0.2, 0.25) is 0 Å². The van der Waals surface area contributed by atoms with Crippen molar-refractivity contribution in [3.05, 3.63) is 162 Å². The van der Waals surface area contributed by atoms with E-state index in [2.05, 4.69) is 113 Å². The highest BCUT2D eigenvalue weighted by Crippen LogP contribution is 2.46. The normalized spacial score (nSPS) is 17.0. The van der Waals surface area contributed by atoms with Crippen LogP contribution in [0.5, 0.6) is 5.75 Å². The quantitative estimate of drug-likeness (QED) is 0.198. The van der Waals surface area contributed by atoms with Crippen molar-refractivity contribution in [1.82, 2.24) is 4.57 Å². The molecule has 1 N–H and O–H groups in total. The third-order valence-corrected chi connectivity index (χ3v) is 11.4. The Morgan fingerprint density at radius 1 is 0.759 bits per heavy atom. The molecule has 4 heteroatoms. The molecule has 10 rings (SSSR count). The number of hydrogen-bond donors (Lipinski definition) is 1. The fourth-order valence-electron chi connectivity index (χ4n) is 8.83. The maximum absolute atomic E-state index is 10.7. The van der Waals surface area contributed by atoms with Crippen LogP contribution >= 0.6 is 0 Å². The summed E-state index contributed by atoms with van der Waals surface area (Å²) < 4.78 is 9.32. The topological polar surface area (TPSA) is 41.5 Å². The van der Waals surface area contributed by atoms with Gasteiger partial charge in [0.1, 0.15) is 17.1 Å². The van der Waals surface area contributed by atoms with Gasteiger partial charge in [0.05, 0.1) is 16.7 Å². The van der Waals surface area contributed by atoms with Crippen molar-refractivity contribution in [2.45, 2.75) is 58.3 Å². The molecule has 4 nitrogen and oxygen atoms in total. The van der Waals surface area contributed by atoms with Crippen molar-refractivity contribution in [3.63, 3.8) is 0 Å². The molecular weight excluding hydrogens is 661 g/mol. The Balaban J connectivity index is 0.00000189. The molecular formula is C50H46N2O2. The van der Waals surface area contributed by atoms with Crippen molar-refractivity contribution in [2.24, 2.45) is 0 Å². The van der Waals surface area contributed by atoms with Crippen molar-refractivity contribution < 1.29 is 9.52 Å². The third kappa shape index (κ3) is 5.69. The SMILES string of the molecule is C=C1CCCCN(C2=CCC(c3ccc(O)c(-c4ccccc4)c3)C=C2)c2ccc3c4c(oc3c21)CCC(n1c2ccccc2c2ccccc21)=C4.CC. The van der Waals surface area contributed by atoms with Crippen molar-refractivity contribution in [3.8, 4) is 16.9 Å². The molecule has 0 saturated heterocycles. The van der Waals surface area contributed by atoms with E-state index in [-0.39, 0.29) is 5.92 Å². The molecule has 7 aromatic rings. The van der Waals surface area contributed by atoms with Gasteiger partial charge in [0.25, 0.3) is 0 Å². The number of benzene rings is 5. The number of aryl methyl sites for hydroxylation is 1. The number of para-hydroxylation sites is 2. The summed E-state index contributed by atoms with van der Waals surface area (Å²) in [5.41, 5.74) is 13.8. The Morgan fingerprint density at radius 2 is 1.50 bits per heavy atom. The molecule has 54 heavy (non-hydrogen) atoms. The zero-order chi connectivity index (χ0) is 36.8. The molecule has 3 aliphatic rings. The summed E-state index contributed by atoms with van der Waals surface area (Å²) in [6.45, 7) is 9.59. The van der Waals surface area contributed by atoms with Gasteiger partial charge in [-0.3, -0.25) is 0 Å². The van der Waals surface area contributed by atoms with E-state index in [0.717, 1.165) is 78.7 Å². The van der Waals surface area contributed by atoms with Gasteiger partial charge in [-0.05, 0) is 97.4 Å². The number of phenolic OH excluding ortho intramolecular Hbond substituents is 1. The standard InChI is InChI=1S/C48H40N2O2.C2H6/c1-31-11-9-10-28-49(35-21-18-32(19-22-35)34-20-26-45(51)40(29-34)33-12-3-2-4-13-33)44-25-24-39-41-30-36(23-27-46(41)52-48(39)47(31)44)50-42-16-7-5-14-37(42)38-15-6-8-17-43(38)50;1-2/h2-8,12-18,20-22,24-26,29-30,32,51H,1,9-11,19,23,27-28H2;1-2H3. The summed E-state index contributed by atoms with van der Waals surface area (Å²) in [5.74, 6) is 1.62. The number of aromatic nitrogens is 1. The predicted molar refractivity (Wildman–Crippen MR) is 228 cm³/mol. The summed E-state index contributed by atoms with van der Waals surface area (Å²) in [6.07, 6.45) is 15.2. The first kappa shape index (κ1) is 33.8. The Bertz CT molecular complexity index is 2600. The van der Waals surface area contributed by atoms with Gasteiger partial charge in [-0.25, -0.2) is 0 Å². The molecule has 0 radical (unpaired) electrons. The number of anilines is 1. The molecule has 1 atom stereocenters. The lowest BCUT2D eigenvalue weighted by Crippen LogP contribution is -2.26. The van der Waals surface area contributed by atoms with Gasteiger partial charge in [0.15, 0.2) is 0 Å². The molecule has 0 saturated carbocycles.